The highest BCUT2D eigenvalue weighted by molar-refractivity contribution is 6.30. The molecule has 0 atom stereocenters. The second-order valence-electron chi connectivity index (χ2n) is 3.63. The lowest BCUT2D eigenvalue weighted by Crippen LogP contribution is -2.00. The Balaban J connectivity index is 2.03. The lowest BCUT2D eigenvalue weighted by atomic mass is 10.2. The van der Waals surface area contributed by atoms with Crippen LogP contribution < -0.4 is 0 Å². The summed E-state index contributed by atoms with van der Waals surface area (Å²) in [5, 5.41) is 4.43. The maximum atomic E-state index is 11.1. The third kappa shape index (κ3) is 3.66. The Morgan fingerprint density at radius 2 is 2.16 bits per heavy atom. The highest BCUT2D eigenvalue weighted by Crippen LogP contribution is 2.18. The minimum atomic E-state index is -0.450. The first-order valence-electron chi connectivity index (χ1n) is 5.57. The fraction of sp³-hybridized carbons (Fsp3) is 0.154. The van der Waals surface area contributed by atoms with Crippen molar-refractivity contribution in [3.8, 4) is 11.4 Å². The van der Waals surface area contributed by atoms with Crippen LogP contribution in [0.25, 0.3) is 11.4 Å². The van der Waals surface area contributed by atoms with Crippen LogP contribution in [-0.4, -0.2) is 16.1 Å². The van der Waals surface area contributed by atoms with Gasteiger partial charge in [-0.25, -0.2) is 4.79 Å². The van der Waals surface area contributed by atoms with E-state index in [1.54, 1.807) is 37.3 Å². The minimum Gasteiger partial charge on any atom is -0.452 e. The largest absolute Gasteiger partial charge is 0.452 e. The molecule has 0 N–H and O–H groups in total. The van der Waals surface area contributed by atoms with Crippen molar-refractivity contribution < 1.29 is 14.1 Å². The summed E-state index contributed by atoms with van der Waals surface area (Å²) in [6, 6.07) is 7.03. The van der Waals surface area contributed by atoms with Crippen LogP contribution in [0, 0.1) is 0 Å². The highest BCUT2D eigenvalue weighted by atomic mass is 35.5. The Hall–Kier alpha value is -2.14. The van der Waals surface area contributed by atoms with Gasteiger partial charge in [-0.2, -0.15) is 4.98 Å². The zero-order chi connectivity index (χ0) is 13.7. The van der Waals surface area contributed by atoms with Crippen molar-refractivity contribution in [1.29, 1.82) is 0 Å². The third-order valence-corrected chi connectivity index (χ3v) is 2.46. The molecule has 0 aliphatic heterocycles. The smallest absolute Gasteiger partial charge is 0.330 e. The maximum Gasteiger partial charge on any atom is 0.330 e. The van der Waals surface area contributed by atoms with Gasteiger partial charge in [0.1, 0.15) is 0 Å². The number of esters is 1. The monoisotopic (exact) mass is 278 g/mol. The molecule has 2 aromatic rings. The van der Waals surface area contributed by atoms with Gasteiger partial charge in [-0.15, -0.1) is 0 Å². The van der Waals surface area contributed by atoms with E-state index in [4.69, 9.17) is 20.9 Å². The maximum absolute atomic E-state index is 11.1. The van der Waals surface area contributed by atoms with Crippen LogP contribution in [0.15, 0.2) is 40.9 Å². The lowest BCUT2D eigenvalue weighted by molar-refractivity contribution is -0.139. The summed E-state index contributed by atoms with van der Waals surface area (Å²) in [6.07, 6.45) is 2.91. The SMILES string of the molecule is CC=CC(=O)OCc1nc(-c2ccc(Cl)cc2)no1. The highest BCUT2D eigenvalue weighted by Gasteiger charge is 2.09. The average Bonchev–Trinajstić information content (AvgIpc) is 2.86. The molecule has 1 aromatic carbocycles. The molecule has 0 spiro atoms. The van der Waals surface area contributed by atoms with Gasteiger partial charge >= 0.3 is 5.97 Å². The number of hydrogen-bond donors (Lipinski definition) is 0. The molecular weight excluding hydrogens is 268 g/mol. The summed E-state index contributed by atoms with van der Waals surface area (Å²) in [4.78, 5) is 15.2. The molecule has 0 fully saturated rings. The van der Waals surface area contributed by atoms with Gasteiger partial charge in [0, 0.05) is 16.7 Å². The van der Waals surface area contributed by atoms with Crippen molar-refractivity contribution in [2.24, 2.45) is 0 Å². The van der Waals surface area contributed by atoms with E-state index in [2.05, 4.69) is 10.1 Å². The quantitative estimate of drug-likeness (QED) is 0.635. The normalized spacial score (nSPS) is 10.8. The Kier molecular flexibility index (Phi) is 4.30. The summed E-state index contributed by atoms with van der Waals surface area (Å²) in [5.41, 5.74) is 0.777. The average molecular weight is 279 g/mol. The van der Waals surface area contributed by atoms with Crippen molar-refractivity contribution in [3.63, 3.8) is 0 Å². The molecule has 98 valence electrons. The van der Waals surface area contributed by atoms with Crippen molar-refractivity contribution in [3.05, 3.63) is 47.3 Å². The van der Waals surface area contributed by atoms with Crippen LogP contribution in [0.1, 0.15) is 12.8 Å². The number of benzene rings is 1. The molecule has 1 aromatic heterocycles. The Morgan fingerprint density at radius 3 is 2.84 bits per heavy atom. The first kappa shape index (κ1) is 13.3. The molecule has 0 aliphatic carbocycles. The molecule has 1 heterocycles. The molecule has 2 rings (SSSR count). The number of carbonyl (C=O) groups is 1. The summed E-state index contributed by atoms with van der Waals surface area (Å²) in [7, 11) is 0. The van der Waals surface area contributed by atoms with Crippen molar-refractivity contribution in [2.45, 2.75) is 13.5 Å². The second kappa shape index (κ2) is 6.15. The van der Waals surface area contributed by atoms with E-state index < -0.39 is 5.97 Å². The number of halogens is 1. The van der Waals surface area contributed by atoms with Gasteiger partial charge in [0.15, 0.2) is 6.61 Å². The minimum absolute atomic E-state index is 0.0518. The molecule has 0 radical (unpaired) electrons. The Bertz CT molecular complexity index is 590. The van der Waals surface area contributed by atoms with Crippen molar-refractivity contribution >= 4 is 17.6 Å². The van der Waals surface area contributed by atoms with Gasteiger partial charge in [0.2, 0.25) is 5.82 Å². The zero-order valence-corrected chi connectivity index (χ0v) is 10.9. The standard InChI is InChI=1S/C13H11ClN2O3/c1-2-3-12(17)18-8-11-15-13(16-19-11)9-4-6-10(14)7-5-9/h2-7H,8H2,1H3. The number of hydrogen-bond acceptors (Lipinski definition) is 5. The van der Waals surface area contributed by atoms with Crippen LogP contribution in [0.5, 0.6) is 0 Å². The number of nitrogens with zero attached hydrogens (tertiary/aromatic N) is 2. The molecule has 6 heteroatoms. The topological polar surface area (TPSA) is 65.2 Å². The van der Waals surface area contributed by atoms with E-state index >= 15 is 0 Å². The van der Waals surface area contributed by atoms with Gasteiger partial charge < -0.3 is 9.26 Å². The third-order valence-electron chi connectivity index (χ3n) is 2.21. The van der Waals surface area contributed by atoms with Crippen LogP contribution in [-0.2, 0) is 16.1 Å². The van der Waals surface area contributed by atoms with Gasteiger partial charge in [0.05, 0.1) is 0 Å². The van der Waals surface area contributed by atoms with Gasteiger partial charge in [-0.3, -0.25) is 0 Å². The first-order valence-corrected chi connectivity index (χ1v) is 5.95. The second-order valence-corrected chi connectivity index (χ2v) is 4.06. The van der Waals surface area contributed by atoms with Gasteiger partial charge in [-0.1, -0.05) is 22.8 Å². The number of aromatic nitrogens is 2. The predicted octanol–water partition coefficient (Wildman–Crippen LogP) is 3.01. The fourth-order valence-corrected chi connectivity index (χ4v) is 1.47. The first-order chi connectivity index (χ1) is 9.19. The van der Waals surface area contributed by atoms with E-state index in [-0.39, 0.29) is 12.5 Å². The van der Waals surface area contributed by atoms with Gasteiger partial charge in [-0.05, 0) is 31.2 Å². The van der Waals surface area contributed by atoms with E-state index in [1.807, 2.05) is 0 Å². The summed E-state index contributed by atoms with van der Waals surface area (Å²) < 4.78 is 9.88. The molecule has 5 nitrogen and oxygen atoms in total. The van der Waals surface area contributed by atoms with Crippen LogP contribution in [0.3, 0.4) is 0 Å². The van der Waals surface area contributed by atoms with Crippen molar-refractivity contribution in [2.75, 3.05) is 0 Å². The Labute approximate surface area is 114 Å². The summed E-state index contributed by atoms with van der Waals surface area (Å²) >= 11 is 5.79. The molecule has 0 aliphatic rings. The van der Waals surface area contributed by atoms with Crippen LogP contribution in [0.4, 0.5) is 0 Å². The lowest BCUT2D eigenvalue weighted by Gasteiger charge is -1.95. The van der Waals surface area contributed by atoms with Crippen LogP contribution in [0.2, 0.25) is 5.02 Å². The van der Waals surface area contributed by atoms with Gasteiger partial charge in [0.25, 0.3) is 5.89 Å². The Morgan fingerprint density at radius 1 is 1.42 bits per heavy atom. The predicted molar refractivity (Wildman–Crippen MR) is 69.4 cm³/mol. The number of rotatable bonds is 4. The van der Waals surface area contributed by atoms with E-state index in [1.165, 1.54) is 6.08 Å². The zero-order valence-electron chi connectivity index (χ0n) is 10.2. The molecule has 0 unspecified atom stereocenters. The molecule has 0 amide bonds. The molecule has 19 heavy (non-hydrogen) atoms. The van der Waals surface area contributed by atoms with E-state index in [0.29, 0.717) is 10.8 Å². The number of ether oxygens (including phenoxy) is 1. The number of carbonyl (C=O) groups excluding carboxylic acids is 1. The fourth-order valence-electron chi connectivity index (χ4n) is 1.35. The summed E-state index contributed by atoms with van der Waals surface area (Å²) in [6.45, 7) is 1.68. The molecule has 0 saturated carbocycles. The summed E-state index contributed by atoms with van der Waals surface area (Å²) in [5.74, 6) is 0.213. The van der Waals surface area contributed by atoms with E-state index in [0.717, 1.165) is 5.56 Å². The number of allylic oxidation sites excluding steroid dienone is 1. The van der Waals surface area contributed by atoms with E-state index in [9.17, 15) is 4.79 Å². The molecule has 0 saturated heterocycles. The molecule has 0 bridgehead atoms. The molecular formula is C13H11ClN2O3. The van der Waals surface area contributed by atoms with Crippen molar-refractivity contribution in [1.82, 2.24) is 10.1 Å². The van der Waals surface area contributed by atoms with Crippen LogP contribution >= 0.6 is 11.6 Å².